The maximum atomic E-state index is 11.0. The van der Waals surface area contributed by atoms with Crippen LogP contribution in [0.1, 0.15) is 25.7 Å². The zero-order valence-corrected chi connectivity index (χ0v) is 10.00. The van der Waals surface area contributed by atoms with E-state index in [0.717, 1.165) is 31.9 Å². The van der Waals surface area contributed by atoms with Gasteiger partial charge in [-0.1, -0.05) is 0 Å². The molecule has 2 saturated carbocycles. The lowest BCUT2D eigenvalue weighted by molar-refractivity contribution is 0.0948. The van der Waals surface area contributed by atoms with Crippen LogP contribution in [0.5, 0.6) is 0 Å². The molecule has 0 aliphatic heterocycles. The normalized spacial score (nSPS) is 40.7. The summed E-state index contributed by atoms with van der Waals surface area (Å²) in [6.07, 6.45) is 5.27. The quantitative estimate of drug-likeness (QED) is 0.688. The van der Waals surface area contributed by atoms with E-state index in [9.17, 15) is 8.42 Å². The molecular weight excluding hydrogens is 216 g/mol. The Bertz CT molecular complexity index is 310. The fraction of sp³-hybridized carbons (Fsp3) is 1.00. The van der Waals surface area contributed by atoms with Crippen molar-refractivity contribution in [3.8, 4) is 0 Å². The highest BCUT2D eigenvalue weighted by Gasteiger charge is 2.43. The van der Waals surface area contributed by atoms with Crippen LogP contribution in [0.15, 0.2) is 0 Å². The minimum absolute atomic E-state index is 0.0900. The average molecular weight is 234 g/mol. The first kappa shape index (κ1) is 11.4. The van der Waals surface area contributed by atoms with Gasteiger partial charge in [0.25, 0.3) is 10.1 Å². The Morgan fingerprint density at radius 3 is 1.87 bits per heavy atom. The predicted molar refractivity (Wildman–Crippen MR) is 56.0 cm³/mol. The zero-order chi connectivity index (χ0) is 11.1. The van der Waals surface area contributed by atoms with Crippen LogP contribution in [-0.4, -0.2) is 34.0 Å². The van der Waals surface area contributed by atoms with E-state index in [-0.39, 0.29) is 6.10 Å². The molecule has 0 radical (unpaired) electrons. The summed E-state index contributed by atoms with van der Waals surface area (Å²) in [5.74, 6) is 1.20. The van der Waals surface area contributed by atoms with E-state index in [1.54, 1.807) is 7.11 Å². The SMILES string of the molecule is COC1CC2CC(OS(C)(=O)=O)CC2C1. The second-order valence-electron chi connectivity index (χ2n) is 4.74. The van der Waals surface area contributed by atoms with Gasteiger partial charge < -0.3 is 4.74 Å². The van der Waals surface area contributed by atoms with Crippen molar-refractivity contribution in [3.05, 3.63) is 0 Å². The van der Waals surface area contributed by atoms with Gasteiger partial charge in [-0.05, 0) is 37.5 Å². The monoisotopic (exact) mass is 234 g/mol. The van der Waals surface area contributed by atoms with Gasteiger partial charge in [0.1, 0.15) is 0 Å². The fourth-order valence-electron chi connectivity index (χ4n) is 3.02. The third-order valence-corrected chi connectivity index (χ3v) is 4.20. The maximum Gasteiger partial charge on any atom is 0.264 e. The Morgan fingerprint density at radius 2 is 1.47 bits per heavy atom. The minimum Gasteiger partial charge on any atom is -0.381 e. The molecule has 4 nitrogen and oxygen atoms in total. The molecule has 0 aromatic heterocycles. The number of hydrogen-bond donors (Lipinski definition) is 0. The molecule has 0 heterocycles. The maximum absolute atomic E-state index is 11.0. The molecule has 0 aromatic carbocycles. The highest BCUT2D eigenvalue weighted by molar-refractivity contribution is 7.86. The van der Waals surface area contributed by atoms with E-state index in [4.69, 9.17) is 8.92 Å². The second kappa shape index (κ2) is 4.03. The lowest BCUT2D eigenvalue weighted by atomic mass is 10.0. The van der Waals surface area contributed by atoms with Crippen molar-refractivity contribution < 1.29 is 17.3 Å². The van der Waals surface area contributed by atoms with E-state index in [1.807, 2.05) is 0 Å². The summed E-state index contributed by atoms with van der Waals surface area (Å²) in [5, 5.41) is 0. The molecule has 15 heavy (non-hydrogen) atoms. The number of rotatable bonds is 3. The zero-order valence-electron chi connectivity index (χ0n) is 9.18. The van der Waals surface area contributed by atoms with Gasteiger partial charge in [0.05, 0.1) is 18.5 Å². The molecule has 2 atom stereocenters. The first-order valence-electron chi connectivity index (χ1n) is 5.39. The first-order chi connectivity index (χ1) is 6.98. The van der Waals surface area contributed by atoms with Crippen LogP contribution in [-0.2, 0) is 19.0 Å². The van der Waals surface area contributed by atoms with Crippen molar-refractivity contribution >= 4 is 10.1 Å². The summed E-state index contributed by atoms with van der Waals surface area (Å²) in [4.78, 5) is 0. The molecule has 0 spiro atoms. The molecule has 0 bridgehead atoms. The molecule has 2 aliphatic carbocycles. The Hall–Kier alpha value is -0.130. The number of ether oxygens (including phenoxy) is 1. The summed E-state index contributed by atoms with van der Waals surface area (Å²) in [5.41, 5.74) is 0. The molecule has 88 valence electrons. The van der Waals surface area contributed by atoms with Gasteiger partial charge in [-0.2, -0.15) is 8.42 Å². The molecule has 2 rings (SSSR count). The number of hydrogen-bond acceptors (Lipinski definition) is 4. The van der Waals surface area contributed by atoms with Crippen LogP contribution in [0.4, 0.5) is 0 Å². The fourth-order valence-corrected chi connectivity index (χ4v) is 3.68. The molecule has 2 aliphatic rings. The smallest absolute Gasteiger partial charge is 0.264 e. The van der Waals surface area contributed by atoms with Crippen molar-refractivity contribution in [1.29, 1.82) is 0 Å². The molecule has 0 N–H and O–H groups in total. The Morgan fingerprint density at radius 1 is 1.00 bits per heavy atom. The second-order valence-corrected chi connectivity index (χ2v) is 6.34. The van der Waals surface area contributed by atoms with Crippen LogP contribution in [0.2, 0.25) is 0 Å². The third-order valence-electron chi connectivity index (χ3n) is 3.57. The molecular formula is C10H18O4S. The highest BCUT2D eigenvalue weighted by Crippen LogP contribution is 2.46. The molecule has 0 saturated heterocycles. The van der Waals surface area contributed by atoms with Crippen LogP contribution >= 0.6 is 0 Å². The molecule has 0 aromatic rings. The third kappa shape index (κ3) is 2.71. The van der Waals surface area contributed by atoms with E-state index >= 15 is 0 Å². The van der Waals surface area contributed by atoms with Crippen molar-refractivity contribution in [1.82, 2.24) is 0 Å². The molecule has 2 unspecified atom stereocenters. The Labute approximate surface area is 91.1 Å². The van der Waals surface area contributed by atoms with E-state index < -0.39 is 10.1 Å². The van der Waals surface area contributed by atoms with E-state index in [1.165, 1.54) is 0 Å². The lowest BCUT2D eigenvalue weighted by Crippen LogP contribution is -2.16. The van der Waals surface area contributed by atoms with Gasteiger partial charge in [-0.15, -0.1) is 0 Å². The largest absolute Gasteiger partial charge is 0.381 e. The summed E-state index contributed by atoms with van der Waals surface area (Å²) >= 11 is 0. The van der Waals surface area contributed by atoms with Crippen molar-refractivity contribution in [2.75, 3.05) is 13.4 Å². The predicted octanol–water partition coefficient (Wildman–Crippen LogP) is 1.17. The lowest BCUT2D eigenvalue weighted by Gasteiger charge is -2.13. The van der Waals surface area contributed by atoms with Crippen LogP contribution in [0.3, 0.4) is 0 Å². The first-order valence-corrected chi connectivity index (χ1v) is 7.20. The van der Waals surface area contributed by atoms with Crippen LogP contribution in [0.25, 0.3) is 0 Å². The van der Waals surface area contributed by atoms with Gasteiger partial charge in [-0.3, -0.25) is 4.18 Å². The topological polar surface area (TPSA) is 52.6 Å². The van der Waals surface area contributed by atoms with Crippen molar-refractivity contribution in [2.24, 2.45) is 11.8 Å². The number of methoxy groups -OCH3 is 1. The standard InChI is InChI=1S/C10H18O4S/c1-13-9-3-7-5-10(6-8(7)4-9)14-15(2,11)12/h7-10H,3-6H2,1-2H3. The summed E-state index contributed by atoms with van der Waals surface area (Å²) in [6.45, 7) is 0. The van der Waals surface area contributed by atoms with Crippen LogP contribution in [0, 0.1) is 11.8 Å². The molecule has 0 amide bonds. The Balaban J connectivity index is 1.89. The average Bonchev–Trinajstić information content (AvgIpc) is 2.57. The van der Waals surface area contributed by atoms with E-state index in [2.05, 4.69) is 0 Å². The Kier molecular flexibility index (Phi) is 3.05. The van der Waals surface area contributed by atoms with Gasteiger partial charge in [0, 0.05) is 7.11 Å². The van der Waals surface area contributed by atoms with Gasteiger partial charge in [0.15, 0.2) is 0 Å². The summed E-state index contributed by atoms with van der Waals surface area (Å²) < 4.78 is 32.3. The number of fused-ring (bicyclic) bond motifs is 1. The van der Waals surface area contributed by atoms with Crippen LogP contribution < -0.4 is 0 Å². The molecule has 5 heteroatoms. The minimum atomic E-state index is -3.29. The van der Waals surface area contributed by atoms with E-state index in [0.29, 0.717) is 17.9 Å². The summed E-state index contributed by atoms with van der Waals surface area (Å²) in [7, 11) is -1.54. The van der Waals surface area contributed by atoms with Crippen molar-refractivity contribution in [3.63, 3.8) is 0 Å². The highest BCUT2D eigenvalue weighted by atomic mass is 32.2. The molecule has 2 fully saturated rings. The summed E-state index contributed by atoms with van der Waals surface area (Å²) in [6, 6.07) is 0. The van der Waals surface area contributed by atoms with Crippen molar-refractivity contribution in [2.45, 2.75) is 37.9 Å². The van der Waals surface area contributed by atoms with Gasteiger partial charge >= 0.3 is 0 Å². The van der Waals surface area contributed by atoms with Gasteiger partial charge in [-0.25, -0.2) is 0 Å². The van der Waals surface area contributed by atoms with Gasteiger partial charge in [0.2, 0.25) is 0 Å².